The van der Waals surface area contributed by atoms with Gasteiger partial charge in [0, 0.05) is 11.1 Å². The van der Waals surface area contributed by atoms with E-state index >= 15 is 4.39 Å². The summed E-state index contributed by atoms with van der Waals surface area (Å²) in [5, 5.41) is 0. The zero-order valence-corrected chi connectivity index (χ0v) is 19.8. The minimum absolute atomic E-state index is 0.0845. The number of rotatable bonds is 7. The van der Waals surface area contributed by atoms with E-state index in [2.05, 4.69) is 0 Å². The highest BCUT2D eigenvalue weighted by Gasteiger charge is 2.26. The molecule has 1 saturated carbocycles. The molecule has 6 heteroatoms. The van der Waals surface area contributed by atoms with Crippen molar-refractivity contribution in [1.82, 2.24) is 0 Å². The molecule has 3 aromatic rings. The van der Waals surface area contributed by atoms with E-state index in [1.54, 1.807) is 56.5 Å². The van der Waals surface area contributed by atoms with Crippen LogP contribution in [0.25, 0.3) is 17.2 Å². The molecule has 0 amide bonds. The fourth-order valence-corrected chi connectivity index (χ4v) is 4.68. The summed E-state index contributed by atoms with van der Waals surface area (Å²) < 4.78 is 68.5. The lowest BCUT2D eigenvalue weighted by Gasteiger charge is -2.27. The van der Waals surface area contributed by atoms with Crippen molar-refractivity contribution in [2.24, 2.45) is 5.92 Å². The SMILES string of the molecule is CCOc1ccc(/C=C/C2CCC(c3ccc(-c4ccc(OC)cc4)c(F)c3F)CC2)c(F)c1F. The van der Waals surface area contributed by atoms with Crippen LogP contribution in [0, 0.1) is 29.2 Å². The van der Waals surface area contributed by atoms with Crippen LogP contribution >= 0.6 is 0 Å². The van der Waals surface area contributed by atoms with Crippen LogP contribution < -0.4 is 9.47 Å². The number of hydrogen-bond acceptors (Lipinski definition) is 2. The van der Waals surface area contributed by atoms with Gasteiger partial charge in [-0.25, -0.2) is 13.2 Å². The summed E-state index contributed by atoms with van der Waals surface area (Å²) in [4.78, 5) is 0. The molecular formula is C29H28F4O2. The third-order valence-corrected chi connectivity index (χ3v) is 6.65. The van der Waals surface area contributed by atoms with E-state index in [1.807, 2.05) is 6.08 Å². The van der Waals surface area contributed by atoms with E-state index in [-0.39, 0.29) is 35.3 Å². The van der Waals surface area contributed by atoms with Crippen LogP contribution in [0.1, 0.15) is 49.7 Å². The fraction of sp³-hybridized carbons (Fsp3) is 0.310. The lowest BCUT2D eigenvalue weighted by molar-refractivity contribution is 0.314. The lowest BCUT2D eigenvalue weighted by atomic mass is 9.78. The minimum Gasteiger partial charge on any atom is -0.497 e. The van der Waals surface area contributed by atoms with Gasteiger partial charge in [-0.2, -0.15) is 4.39 Å². The summed E-state index contributed by atoms with van der Waals surface area (Å²) in [7, 11) is 1.55. The number of methoxy groups -OCH3 is 1. The first-order valence-electron chi connectivity index (χ1n) is 11.8. The molecule has 0 spiro atoms. The minimum atomic E-state index is -0.992. The third-order valence-electron chi connectivity index (χ3n) is 6.65. The predicted molar refractivity (Wildman–Crippen MR) is 130 cm³/mol. The Labute approximate surface area is 203 Å². The molecule has 1 aliphatic rings. The van der Waals surface area contributed by atoms with Gasteiger partial charge in [0.15, 0.2) is 23.2 Å². The summed E-state index contributed by atoms with van der Waals surface area (Å²) in [5.41, 5.74) is 1.35. The lowest BCUT2D eigenvalue weighted by Crippen LogP contribution is -2.13. The monoisotopic (exact) mass is 484 g/mol. The summed E-state index contributed by atoms with van der Waals surface area (Å²) in [6.45, 7) is 1.96. The maximum atomic E-state index is 15.0. The van der Waals surface area contributed by atoms with Crippen LogP contribution in [0.4, 0.5) is 17.6 Å². The quantitative estimate of drug-likeness (QED) is 0.314. The Morgan fingerprint density at radius 2 is 1.51 bits per heavy atom. The Kier molecular flexibility index (Phi) is 7.79. The van der Waals surface area contributed by atoms with Crippen molar-refractivity contribution < 1.29 is 27.0 Å². The van der Waals surface area contributed by atoms with Gasteiger partial charge in [0.05, 0.1) is 13.7 Å². The highest BCUT2D eigenvalue weighted by atomic mass is 19.2. The summed E-state index contributed by atoms with van der Waals surface area (Å²) in [6.07, 6.45) is 6.34. The van der Waals surface area contributed by atoms with Crippen molar-refractivity contribution in [2.45, 2.75) is 38.5 Å². The summed E-state index contributed by atoms with van der Waals surface area (Å²) in [5.74, 6) is -2.96. The van der Waals surface area contributed by atoms with Crippen LogP contribution in [0.5, 0.6) is 11.5 Å². The van der Waals surface area contributed by atoms with Crippen LogP contribution in [-0.2, 0) is 0 Å². The Morgan fingerprint density at radius 1 is 0.800 bits per heavy atom. The van der Waals surface area contributed by atoms with E-state index in [1.165, 1.54) is 12.1 Å². The number of halogens is 4. The largest absolute Gasteiger partial charge is 0.497 e. The standard InChI is InChI=1S/C29H28F4O2/c1-3-35-25-17-12-21(26(30)29(25)33)9-6-18-4-7-19(8-5-18)23-15-16-24(28(32)27(23)31)20-10-13-22(34-2)14-11-20/h6,9-19H,3-5,7-8H2,1-2H3/b9-6+. The van der Waals surface area contributed by atoms with Gasteiger partial charge in [-0.1, -0.05) is 36.4 Å². The zero-order valence-electron chi connectivity index (χ0n) is 19.8. The topological polar surface area (TPSA) is 18.5 Å². The number of benzene rings is 3. The van der Waals surface area contributed by atoms with E-state index in [0.29, 0.717) is 29.7 Å². The van der Waals surface area contributed by atoms with Crippen LogP contribution in [0.15, 0.2) is 54.6 Å². The first-order valence-corrected chi connectivity index (χ1v) is 11.8. The number of hydrogen-bond donors (Lipinski definition) is 0. The van der Waals surface area contributed by atoms with Crippen molar-refractivity contribution in [2.75, 3.05) is 13.7 Å². The Hall–Kier alpha value is -3.28. The molecule has 35 heavy (non-hydrogen) atoms. The number of ether oxygens (including phenoxy) is 2. The van der Waals surface area contributed by atoms with Gasteiger partial charge in [-0.3, -0.25) is 0 Å². The van der Waals surface area contributed by atoms with Gasteiger partial charge >= 0.3 is 0 Å². The van der Waals surface area contributed by atoms with E-state index in [0.717, 1.165) is 12.8 Å². The average molecular weight is 485 g/mol. The Balaban J connectivity index is 1.42. The van der Waals surface area contributed by atoms with Gasteiger partial charge in [-0.05, 0) is 79.8 Å². The zero-order chi connectivity index (χ0) is 24.9. The van der Waals surface area contributed by atoms with Crippen molar-refractivity contribution in [1.29, 1.82) is 0 Å². The fourth-order valence-electron chi connectivity index (χ4n) is 4.68. The molecule has 0 unspecified atom stereocenters. The molecule has 0 atom stereocenters. The summed E-state index contributed by atoms with van der Waals surface area (Å²) >= 11 is 0. The highest BCUT2D eigenvalue weighted by Crippen LogP contribution is 2.39. The normalized spacial score (nSPS) is 18.1. The molecule has 1 aliphatic carbocycles. The Bertz CT molecular complexity index is 1200. The van der Waals surface area contributed by atoms with Crippen molar-refractivity contribution in [3.63, 3.8) is 0 Å². The maximum absolute atomic E-state index is 15.0. The van der Waals surface area contributed by atoms with Gasteiger partial charge in [-0.15, -0.1) is 0 Å². The van der Waals surface area contributed by atoms with Gasteiger partial charge in [0.2, 0.25) is 5.82 Å². The number of allylic oxidation sites excluding steroid dienone is 1. The van der Waals surface area contributed by atoms with Crippen LogP contribution in [0.3, 0.4) is 0 Å². The molecule has 0 radical (unpaired) electrons. The summed E-state index contributed by atoms with van der Waals surface area (Å²) in [6, 6.07) is 13.0. The van der Waals surface area contributed by atoms with E-state index < -0.39 is 23.3 Å². The van der Waals surface area contributed by atoms with Crippen molar-refractivity contribution in [3.05, 3.63) is 89.0 Å². The molecule has 0 bridgehead atoms. The van der Waals surface area contributed by atoms with Crippen LogP contribution in [-0.4, -0.2) is 13.7 Å². The van der Waals surface area contributed by atoms with Gasteiger partial charge < -0.3 is 9.47 Å². The molecule has 1 fully saturated rings. The molecule has 2 nitrogen and oxygen atoms in total. The van der Waals surface area contributed by atoms with Crippen molar-refractivity contribution >= 4 is 6.08 Å². The molecule has 184 valence electrons. The first kappa shape index (κ1) is 24.8. The molecular weight excluding hydrogens is 456 g/mol. The second-order valence-corrected chi connectivity index (χ2v) is 8.74. The smallest absolute Gasteiger partial charge is 0.201 e. The third kappa shape index (κ3) is 5.37. The van der Waals surface area contributed by atoms with Gasteiger partial charge in [0.1, 0.15) is 5.75 Å². The highest BCUT2D eigenvalue weighted by molar-refractivity contribution is 5.65. The molecule has 0 aliphatic heterocycles. The predicted octanol–water partition coefficient (Wildman–Crippen LogP) is 8.30. The van der Waals surface area contributed by atoms with Crippen LogP contribution in [0.2, 0.25) is 0 Å². The molecule has 0 aromatic heterocycles. The Morgan fingerprint density at radius 3 is 2.17 bits per heavy atom. The molecule has 0 saturated heterocycles. The average Bonchev–Trinajstić information content (AvgIpc) is 2.88. The van der Waals surface area contributed by atoms with E-state index in [4.69, 9.17) is 9.47 Å². The molecule has 4 rings (SSSR count). The molecule has 0 N–H and O–H groups in total. The first-order chi connectivity index (χ1) is 16.9. The second-order valence-electron chi connectivity index (χ2n) is 8.74. The maximum Gasteiger partial charge on any atom is 0.201 e. The van der Waals surface area contributed by atoms with E-state index in [9.17, 15) is 13.2 Å². The second kappa shape index (κ2) is 11.0. The molecule has 3 aromatic carbocycles. The van der Waals surface area contributed by atoms with Gasteiger partial charge in [0.25, 0.3) is 0 Å². The molecule has 0 heterocycles. The van der Waals surface area contributed by atoms with Crippen molar-refractivity contribution in [3.8, 4) is 22.6 Å².